The van der Waals surface area contributed by atoms with Gasteiger partial charge in [0.15, 0.2) is 0 Å². The van der Waals surface area contributed by atoms with Crippen molar-refractivity contribution in [2.75, 3.05) is 19.7 Å². The van der Waals surface area contributed by atoms with Crippen LogP contribution in [0, 0.1) is 5.92 Å². The number of piperidine rings is 1. The molecule has 4 rings (SSSR count). The molecule has 0 unspecified atom stereocenters. The zero-order valence-corrected chi connectivity index (χ0v) is 18.9. The van der Waals surface area contributed by atoms with Gasteiger partial charge in [0.1, 0.15) is 5.78 Å². The van der Waals surface area contributed by atoms with Gasteiger partial charge >= 0.3 is 5.97 Å². The monoisotopic (exact) mass is 441 g/mol. The number of carbonyl (C=O) groups excluding carboxylic acids is 2. The number of esters is 1. The van der Waals surface area contributed by atoms with Crippen LogP contribution in [0.5, 0.6) is 0 Å². The molecule has 0 bridgehead atoms. The highest BCUT2D eigenvalue weighted by atomic mass is 16.5. The molecule has 1 fully saturated rings. The minimum Gasteiger partial charge on any atom is -0.465 e. The number of hydrogen-bond acceptors (Lipinski definition) is 4. The molecule has 1 aliphatic rings. The molecule has 0 amide bonds. The number of rotatable bonds is 9. The zero-order chi connectivity index (χ0) is 22.9. The number of ketones is 1. The quantitative estimate of drug-likeness (QED) is 0.379. The maximum Gasteiger partial charge on any atom is 0.309 e. The highest BCUT2D eigenvalue weighted by Crippen LogP contribution is 2.42. The Hall–Kier alpha value is -3.24. The minimum atomic E-state index is -0.611. The summed E-state index contributed by atoms with van der Waals surface area (Å²) in [6.07, 6.45) is 2.11. The molecule has 0 spiro atoms. The van der Waals surface area contributed by atoms with E-state index in [-0.39, 0.29) is 30.7 Å². The lowest BCUT2D eigenvalue weighted by Gasteiger charge is -2.35. The van der Waals surface area contributed by atoms with Gasteiger partial charge in [-0.15, -0.1) is 0 Å². The molecule has 1 aliphatic heterocycles. The Morgan fingerprint density at radius 3 is 1.67 bits per heavy atom. The minimum absolute atomic E-state index is 0.0570. The van der Waals surface area contributed by atoms with E-state index in [1.165, 1.54) is 0 Å². The Balaban J connectivity index is 1.57. The van der Waals surface area contributed by atoms with Crippen molar-refractivity contribution in [3.63, 3.8) is 0 Å². The number of benzene rings is 3. The first kappa shape index (κ1) is 22.9. The second kappa shape index (κ2) is 11.1. The number of ether oxygens (including phenoxy) is 1. The van der Waals surface area contributed by atoms with E-state index in [1.807, 2.05) is 54.6 Å². The molecule has 0 aliphatic carbocycles. The highest BCUT2D eigenvalue weighted by Gasteiger charge is 2.38. The largest absolute Gasteiger partial charge is 0.465 e. The average molecular weight is 442 g/mol. The van der Waals surface area contributed by atoms with Crippen molar-refractivity contribution in [3.05, 3.63) is 108 Å². The Labute approximate surface area is 196 Å². The second-order valence-corrected chi connectivity index (χ2v) is 8.66. The van der Waals surface area contributed by atoms with Gasteiger partial charge in [-0.05, 0) is 42.6 Å². The molecule has 0 atom stereocenters. The molecule has 0 radical (unpaired) electrons. The van der Waals surface area contributed by atoms with Crippen LogP contribution in [0.25, 0.3) is 0 Å². The summed E-state index contributed by atoms with van der Waals surface area (Å²) in [7, 11) is 0. The molecule has 4 nitrogen and oxygen atoms in total. The molecular formula is C29H31NO3. The molecule has 3 aromatic carbocycles. The van der Waals surface area contributed by atoms with Gasteiger partial charge in [0.2, 0.25) is 0 Å². The third-order valence-corrected chi connectivity index (χ3v) is 6.56. The van der Waals surface area contributed by atoms with Gasteiger partial charge in [-0.3, -0.25) is 9.59 Å². The molecule has 1 saturated heterocycles. The summed E-state index contributed by atoms with van der Waals surface area (Å²) < 4.78 is 5.50. The summed E-state index contributed by atoms with van der Waals surface area (Å²) in [5.74, 6) is -0.159. The number of hydrogen-bond donors (Lipinski definition) is 1. The van der Waals surface area contributed by atoms with Crippen LogP contribution in [-0.2, 0) is 19.7 Å². The van der Waals surface area contributed by atoms with Crippen molar-refractivity contribution < 1.29 is 14.3 Å². The molecule has 0 aromatic heterocycles. The van der Waals surface area contributed by atoms with E-state index in [1.54, 1.807) is 0 Å². The molecule has 33 heavy (non-hydrogen) atoms. The fourth-order valence-corrected chi connectivity index (χ4v) is 4.80. The van der Waals surface area contributed by atoms with Crippen molar-refractivity contribution in [2.24, 2.45) is 5.92 Å². The zero-order valence-electron chi connectivity index (χ0n) is 18.9. The maximum atomic E-state index is 13.3. The van der Waals surface area contributed by atoms with E-state index >= 15 is 0 Å². The topological polar surface area (TPSA) is 55.4 Å². The van der Waals surface area contributed by atoms with Gasteiger partial charge in [0.05, 0.1) is 17.9 Å². The molecule has 1 N–H and O–H groups in total. The first-order chi connectivity index (χ1) is 16.2. The molecule has 0 saturated carbocycles. The van der Waals surface area contributed by atoms with Crippen molar-refractivity contribution in [1.29, 1.82) is 0 Å². The smallest absolute Gasteiger partial charge is 0.309 e. The lowest BCUT2D eigenvalue weighted by Crippen LogP contribution is -2.34. The molecule has 170 valence electrons. The SMILES string of the molecule is O=C(CCOC(=O)C1CCNCC1)CC(c1ccccc1)(c1ccccc1)c1ccccc1. The maximum absolute atomic E-state index is 13.3. The van der Waals surface area contributed by atoms with Crippen LogP contribution >= 0.6 is 0 Å². The van der Waals surface area contributed by atoms with Gasteiger partial charge in [0.25, 0.3) is 0 Å². The van der Waals surface area contributed by atoms with Crippen molar-refractivity contribution in [1.82, 2.24) is 5.32 Å². The second-order valence-electron chi connectivity index (χ2n) is 8.66. The van der Waals surface area contributed by atoms with E-state index in [4.69, 9.17) is 4.74 Å². The predicted octanol–water partition coefficient (Wildman–Crippen LogP) is 4.91. The number of carbonyl (C=O) groups is 2. The van der Waals surface area contributed by atoms with Crippen LogP contribution in [0.15, 0.2) is 91.0 Å². The van der Waals surface area contributed by atoms with Gasteiger partial charge in [-0.1, -0.05) is 91.0 Å². The fraction of sp³-hybridized carbons (Fsp3) is 0.310. The van der Waals surface area contributed by atoms with E-state index in [9.17, 15) is 9.59 Å². The van der Waals surface area contributed by atoms with Crippen LogP contribution in [0.1, 0.15) is 42.4 Å². The summed E-state index contributed by atoms with van der Waals surface area (Å²) in [6, 6.07) is 30.6. The first-order valence-electron chi connectivity index (χ1n) is 11.8. The normalized spacial score (nSPS) is 14.5. The van der Waals surface area contributed by atoms with Crippen LogP contribution < -0.4 is 5.32 Å². The molecule has 4 heteroatoms. The number of Topliss-reactive ketones (excluding diaryl/α,β-unsaturated/α-hetero) is 1. The Bertz CT molecular complexity index is 932. The summed E-state index contributed by atoms with van der Waals surface area (Å²) in [5.41, 5.74) is 2.60. The molecule has 1 heterocycles. The van der Waals surface area contributed by atoms with Gasteiger partial charge in [-0.2, -0.15) is 0 Å². The average Bonchev–Trinajstić information content (AvgIpc) is 2.89. The van der Waals surface area contributed by atoms with E-state index in [0.717, 1.165) is 42.6 Å². The summed E-state index contributed by atoms with van der Waals surface area (Å²) in [5, 5.41) is 3.25. The molecular weight excluding hydrogens is 410 g/mol. The third-order valence-electron chi connectivity index (χ3n) is 6.56. The Morgan fingerprint density at radius 2 is 1.21 bits per heavy atom. The van der Waals surface area contributed by atoms with Crippen LogP contribution in [0.4, 0.5) is 0 Å². The van der Waals surface area contributed by atoms with E-state index in [0.29, 0.717) is 6.42 Å². The third kappa shape index (κ3) is 5.40. The summed E-state index contributed by atoms with van der Waals surface area (Å²) in [4.78, 5) is 25.7. The van der Waals surface area contributed by atoms with Crippen LogP contribution in [-0.4, -0.2) is 31.4 Å². The van der Waals surface area contributed by atoms with Crippen molar-refractivity contribution in [3.8, 4) is 0 Å². The summed E-state index contributed by atoms with van der Waals surface area (Å²) in [6.45, 7) is 1.81. The summed E-state index contributed by atoms with van der Waals surface area (Å²) >= 11 is 0. The Morgan fingerprint density at radius 1 is 0.758 bits per heavy atom. The van der Waals surface area contributed by atoms with Gasteiger partial charge < -0.3 is 10.1 Å². The lowest BCUT2D eigenvalue weighted by atomic mass is 9.66. The van der Waals surface area contributed by atoms with Crippen molar-refractivity contribution >= 4 is 11.8 Å². The van der Waals surface area contributed by atoms with Crippen LogP contribution in [0.2, 0.25) is 0 Å². The van der Waals surface area contributed by atoms with Gasteiger partial charge in [-0.25, -0.2) is 0 Å². The Kier molecular flexibility index (Phi) is 7.69. The standard InChI is InChI=1S/C29H31NO3/c31-27(18-21-33-28(32)23-16-19-30-20-17-23)22-29(24-10-4-1-5-11-24,25-12-6-2-7-13-25)26-14-8-3-9-15-26/h1-15,23,30H,16-22H2. The van der Waals surface area contributed by atoms with E-state index < -0.39 is 5.41 Å². The van der Waals surface area contributed by atoms with E-state index in [2.05, 4.69) is 41.7 Å². The number of nitrogens with one attached hydrogen (secondary N) is 1. The lowest BCUT2D eigenvalue weighted by molar-refractivity contribution is -0.149. The van der Waals surface area contributed by atoms with Crippen LogP contribution in [0.3, 0.4) is 0 Å². The first-order valence-corrected chi connectivity index (χ1v) is 11.8. The predicted molar refractivity (Wildman–Crippen MR) is 130 cm³/mol. The van der Waals surface area contributed by atoms with Gasteiger partial charge in [0, 0.05) is 12.8 Å². The molecule has 3 aromatic rings. The fourth-order valence-electron chi connectivity index (χ4n) is 4.80. The highest BCUT2D eigenvalue weighted by molar-refractivity contribution is 5.82. The van der Waals surface area contributed by atoms with Crippen molar-refractivity contribution in [2.45, 2.75) is 31.1 Å².